The summed E-state index contributed by atoms with van der Waals surface area (Å²) in [5, 5.41) is 0. The molecular formula is C20H23NO4. The summed E-state index contributed by atoms with van der Waals surface area (Å²) in [6.07, 6.45) is 3.54. The van der Waals surface area contributed by atoms with Crippen LogP contribution < -0.4 is 0 Å². The molecule has 1 aromatic carbocycles. The molecule has 4 rings (SSSR count). The Kier molecular flexibility index (Phi) is 3.91. The number of fused-ring (bicyclic) bond motifs is 1. The van der Waals surface area contributed by atoms with Crippen LogP contribution in [-0.2, 0) is 25.6 Å². The van der Waals surface area contributed by atoms with E-state index in [9.17, 15) is 9.59 Å². The average molecular weight is 341 g/mol. The van der Waals surface area contributed by atoms with Gasteiger partial charge in [0.25, 0.3) is 0 Å². The molecule has 5 heteroatoms. The topological polar surface area (TPSA) is 55.8 Å². The quantitative estimate of drug-likeness (QED) is 0.608. The number of hydrogen-bond donors (Lipinski definition) is 0. The number of carbonyl (C=O) groups excluding carboxylic acids is 2. The minimum absolute atomic E-state index is 0.0119. The van der Waals surface area contributed by atoms with Crippen LogP contribution in [0.1, 0.15) is 19.4 Å². The number of benzene rings is 1. The number of esters is 1. The van der Waals surface area contributed by atoms with Gasteiger partial charge in [-0.15, -0.1) is 0 Å². The van der Waals surface area contributed by atoms with E-state index in [0.717, 1.165) is 5.56 Å². The number of hydrogen-bond acceptors (Lipinski definition) is 4. The first-order valence-electron chi connectivity index (χ1n) is 8.87. The summed E-state index contributed by atoms with van der Waals surface area (Å²) >= 11 is 0. The van der Waals surface area contributed by atoms with E-state index in [-0.39, 0.29) is 23.9 Å². The van der Waals surface area contributed by atoms with Crippen molar-refractivity contribution in [2.45, 2.75) is 32.1 Å². The first-order valence-corrected chi connectivity index (χ1v) is 8.87. The van der Waals surface area contributed by atoms with Crippen molar-refractivity contribution in [3.8, 4) is 0 Å². The number of carbonyl (C=O) groups is 2. The molecule has 1 amide bonds. The number of rotatable bonds is 5. The fraction of sp³-hybridized carbons (Fsp3) is 0.500. The van der Waals surface area contributed by atoms with Crippen LogP contribution in [0.5, 0.6) is 0 Å². The molecule has 0 unspecified atom stereocenters. The monoisotopic (exact) mass is 341 g/mol. The largest absolute Gasteiger partial charge is 0.465 e. The van der Waals surface area contributed by atoms with E-state index in [1.54, 1.807) is 4.90 Å². The summed E-state index contributed by atoms with van der Waals surface area (Å²) in [4.78, 5) is 27.4. The summed E-state index contributed by atoms with van der Waals surface area (Å²) in [5.41, 5.74) is 0.405. The number of nitrogens with zero attached hydrogens (tertiary/aromatic N) is 1. The smallest absolute Gasteiger partial charge is 0.312 e. The van der Waals surface area contributed by atoms with Crippen molar-refractivity contribution in [2.75, 3.05) is 13.2 Å². The number of likely N-dealkylation sites (tertiary alicyclic amines) is 1. The van der Waals surface area contributed by atoms with E-state index in [4.69, 9.17) is 9.47 Å². The van der Waals surface area contributed by atoms with E-state index in [1.165, 1.54) is 0 Å². The minimum Gasteiger partial charge on any atom is -0.465 e. The van der Waals surface area contributed by atoms with Crippen LogP contribution in [0.3, 0.4) is 0 Å². The Bertz CT molecular complexity index is 714. The molecule has 132 valence electrons. The van der Waals surface area contributed by atoms with Crippen LogP contribution in [0.15, 0.2) is 42.5 Å². The molecule has 3 aliphatic heterocycles. The highest BCUT2D eigenvalue weighted by molar-refractivity contribution is 5.91. The average Bonchev–Trinajstić information content (AvgIpc) is 3.22. The molecule has 1 spiro atoms. The first-order chi connectivity index (χ1) is 12.0. The molecule has 0 aliphatic carbocycles. The van der Waals surface area contributed by atoms with Crippen LogP contribution in [0.4, 0.5) is 0 Å². The predicted octanol–water partition coefficient (Wildman–Crippen LogP) is 2.17. The molecule has 5 nitrogen and oxygen atoms in total. The summed E-state index contributed by atoms with van der Waals surface area (Å²) in [7, 11) is 0. The van der Waals surface area contributed by atoms with Crippen molar-refractivity contribution in [1.82, 2.24) is 4.90 Å². The SMILES string of the molecule is CC(C)COC(=O)[C@@H]1[C@@H]2C=C[C@@]3(CN(Cc4ccccc4)C(=O)[C@H]13)O2. The van der Waals surface area contributed by atoms with Gasteiger partial charge in [-0.1, -0.05) is 56.3 Å². The molecule has 1 aromatic rings. The van der Waals surface area contributed by atoms with Crippen molar-refractivity contribution in [3.63, 3.8) is 0 Å². The summed E-state index contributed by atoms with van der Waals surface area (Å²) in [6, 6.07) is 9.88. The Hall–Kier alpha value is -2.14. The van der Waals surface area contributed by atoms with Crippen molar-refractivity contribution in [2.24, 2.45) is 17.8 Å². The third-order valence-electron chi connectivity index (χ3n) is 5.23. The van der Waals surface area contributed by atoms with E-state index in [0.29, 0.717) is 19.7 Å². The number of ether oxygens (including phenoxy) is 2. The third kappa shape index (κ3) is 2.67. The highest BCUT2D eigenvalue weighted by Gasteiger charge is 2.67. The molecular weight excluding hydrogens is 318 g/mol. The van der Waals surface area contributed by atoms with Gasteiger partial charge >= 0.3 is 5.97 Å². The van der Waals surface area contributed by atoms with Crippen LogP contribution in [-0.4, -0.2) is 41.6 Å². The first kappa shape index (κ1) is 16.3. The van der Waals surface area contributed by atoms with Gasteiger partial charge < -0.3 is 14.4 Å². The second kappa shape index (κ2) is 5.99. The van der Waals surface area contributed by atoms with E-state index >= 15 is 0 Å². The molecule has 2 saturated heterocycles. The minimum atomic E-state index is -0.669. The van der Waals surface area contributed by atoms with Gasteiger partial charge in [-0.2, -0.15) is 0 Å². The molecule has 0 saturated carbocycles. The van der Waals surface area contributed by atoms with E-state index in [1.807, 2.05) is 56.3 Å². The van der Waals surface area contributed by atoms with Crippen molar-refractivity contribution in [3.05, 3.63) is 48.0 Å². The van der Waals surface area contributed by atoms with Crippen LogP contribution in [0.25, 0.3) is 0 Å². The Morgan fingerprint density at radius 1 is 1.36 bits per heavy atom. The molecule has 0 radical (unpaired) electrons. The number of amides is 1. The van der Waals surface area contributed by atoms with E-state index in [2.05, 4.69) is 0 Å². The van der Waals surface area contributed by atoms with Gasteiger partial charge in [0, 0.05) is 6.54 Å². The van der Waals surface area contributed by atoms with Gasteiger partial charge in [-0.05, 0) is 11.5 Å². The Morgan fingerprint density at radius 2 is 2.12 bits per heavy atom. The molecule has 25 heavy (non-hydrogen) atoms. The van der Waals surface area contributed by atoms with E-state index < -0.39 is 17.4 Å². The summed E-state index contributed by atoms with van der Waals surface area (Å²) < 4.78 is 11.5. The van der Waals surface area contributed by atoms with Gasteiger partial charge in [0.1, 0.15) is 11.5 Å². The second-order valence-corrected chi connectivity index (χ2v) is 7.60. The zero-order chi connectivity index (χ0) is 17.6. The van der Waals surface area contributed by atoms with Gasteiger partial charge in [-0.25, -0.2) is 0 Å². The van der Waals surface area contributed by atoms with Gasteiger partial charge in [0.15, 0.2) is 0 Å². The zero-order valence-corrected chi connectivity index (χ0v) is 14.6. The lowest BCUT2D eigenvalue weighted by molar-refractivity contribution is -0.154. The Morgan fingerprint density at radius 3 is 2.84 bits per heavy atom. The molecule has 0 aromatic heterocycles. The second-order valence-electron chi connectivity index (χ2n) is 7.60. The van der Waals surface area contributed by atoms with Gasteiger partial charge in [-0.3, -0.25) is 9.59 Å². The zero-order valence-electron chi connectivity index (χ0n) is 14.6. The standard InChI is InChI=1S/C20H23NO4/c1-13(2)11-24-19(23)16-15-8-9-20(25-15)12-21(18(22)17(16)20)10-14-6-4-3-5-7-14/h3-9,13,15-17H,10-12H2,1-2H3/t15-,16+,17-,20-/m0/s1. The van der Waals surface area contributed by atoms with Gasteiger partial charge in [0.2, 0.25) is 5.91 Å². The lowest BCUT2D eigenvalue weighted by atomic mass is 9.77. The van der Waals surface area contributed by atoms with Gasteiger partial charge in [0.05, 0.1) is 25.2 Å². The molecule has 3 aliphatic rings. The van der Waals surface area contributed by atoms with Crippen molar-refractivity contribution < 1.29 is 19.1 Å². The normalized spacial score (nSPS) is 32.5. The van der Waals surface area contributed by atoms with Crippen LogP contribution >= 0.6 is 0 Å². The lowest BCUT2D eigenvalue weighted by Crippen LogP contribution is -2.40. The lowest BCUT2D eigenvalue weighted by Gasteiger charge is -2.23. The Labute approximate surface area is 147 Å². The maximum Gasteiger partial charge on any atom is 0.312 e. The molecule has 0 N–H and O–H groups in total. The predicted molar refractivity (Wildman–Crippen MR) is 91.4 cm³/mol. The maximum atomic E-state index is 13.0. The highest BCUT2D eigenvalue weighted by Crippen LogP contribution is 2.52. The third-order valence-corrected chi connectivity index (χ3v) is 5.23. The fourth-order valence-corrected chi connectivity index (χ4v) is 4.13. The van der Waals surface area contributed by atoms with Crippen molar-refractivity contribution >= 4 is 11.9 Å². The van der Waals surface area contributed by atoms with Crippen LogP contribution in [0, 0.1) is 17.8 Å². The fourth-order valence-electron chi connectivity index (χ4n) is 4.13. The summed E-state index contributed by atoms with van der Waals surface area (Å²) in [5.74, 6) is -1.06. The molecule has 2 fully saturated rings. The van der Waals surface area contributed by atoms with Crippen molar-refractivity contribution in [1.29, 1.82) is 0 Å². The highest BCUT2D eigenvalue weighted by atomic mass is 16.6. The van der Waals surface area contributed by atoms with Crippen LogP contribution in [0.2, 0.25) is 0 Å². The molecule has 3 heterocycles. The molecule has 4 atom stereocenters. The summed E-state index contributed by atoms with van der Waals surface area (Å²) in [6.45, 7) is 5.38. The molecule has 2 bridgehead atoms. The maximum absolute atomic E-state index is 13.0. The Balaban J connectivity index is 1.54.